The molecule has 13 heavy (non-hydrogen) atoms. The van der Waals surface area contributed by atoms with Crippen molar-refractivity contribution >= 4 is 10.8 Å². The van der Waals surface area contributed by atoms with Crippen molar-refractivity contribution < 1.29 is 5.11 Å². The molecule has 0 amide bonds. The lowest BCUT2D eigenvalue weighted by molar-refractivity contribution is 0.481. The van der Waals surface area contributed by atoms with Gasteiger partial charge in [0.2, 0.25) is 0 Å². The van der Waals surface area contributed by atoms with Crippen LogP contribution in [0.1, 0.15) is 11.1 Å². The highest BCUT2D eigenvalue weighted by molar-refractivity contribution is 5.91. The Hall–Kier alpha value is -1.50. The highest BCUT2D eigenvalue weighted by Crippen LogP contribution is 2.27. The van der Waals surface area contributed by atoms with E-state index in [0.717, 1.165) is 10.8 Å². The van der Waals surface area contributed by atoms with Gasteiger partial charge in [-0.2, -0.15) is 0 Å². The fraction of sp³-hybridized carbons (Fsp3) is 0.167. The quantitative estimate of drug-likeness (QED) is 0.647. The SMILES string of the molecule is Cc1ccc2c(C)ccc(O)c2c1. The monoisotopic (exact) mass is 172 g/mol. The minimum atomic E-state index is 0.365. The first-order valence-electron chi connectivity index (χ1n) is 4.37. The maximum absolute atomic E-state index is 9.62. The molecule has 0 atom stereocenters. The molecule has 0 spiro atoms. The van der Waals surface area contributed by atoms with Crippen molar-refractivity contribution in [1.29, 1.82) is 0 Å². The molecule has 0 aromatic heterocycles. The lowest BCUT2D eigenvalue weighted by Crippen LogP contribution is -1.80. The number of fused-ring (bicyclic) bond motifs is 1. The van der Waals surface area contributed by atoms with Crippen molar-refractivity contribution in [1.82, 2.24) is 0 Å². The van der Waals surface area contributed by atoms with Crippen LogP contribution in [0, 0.1) is 13.8 Å². The van der Waals surface area contributed by atoms with Crippen LogP contribution >= 0.6 is 0 Å². The maximum atomic E-state index is 9.62. The Labute approximate surface area is 77.6 Å². The van der Waals surface area contributed by atoms with Crippen molar-refractivity contribution in [3.63, 3.8) is 0 Å². The number of phenolic OH excluding ortho intramolecular Hbond substituents is 1. The van der Waals surface area contributed by atoms with Gasteiger partial charge in [0.1, 0.15) is 5.75 Å². The predicted octanol–water partition coefficient (Wildman–Crippen LogP) is 3.16. The Balaban J connectivity index is 2.92. The third kappa shape index (κ3) is 1.26. The van der Waals surface area contributed by atoms with Crippen LogP contribution in [0.4, 0.5) is 0 Å². The van der Waals surface area contributed by atoms with E-state index >= 15 is 0 Å². The van der Waals surface area contributed by atoms with Gasteiger partial charge < -0.3 is 5.11 Å². The maximum Gasteiger partial charge on any atom is 0.123 e. The van der Waals surface area contributed by atoms with Crippen LogP contribution in [-0.4, -0.2) is 5.11 Å². The minimum Gasteiger partial charge on any atom is -0.507 e. The average Bonchev–Trinajstić information content (AvgIpc) is 2.12. The lowest BCUT2D eigenvalue weighted by atomic mass is 10.0. The largest absolute Gasteiger partial charge is 0.507 e. The molecule has 1 N–H and O–H groups in total. The molecule has 0 saturated heterocycles. The van der Waals surface area contributed by atoms with Crippen LogP contribution in [0.2, 0.25) is 0 Å². The number of phenols is 1. The predicted molar refractivity (Wildman–Crippen MR) is 55.1 cm³/mol. The standard InChI is InChI=1S/C12H12O/c1-8-3-5-10-9(2)4-6-12(13)11(10)7-8/h3-7,13H,1-2H3. The number of aromatic hydroxyl groups is 1. The lowest BCUT2D eigenvalue weighted by Gasteiger charge is -2.04. The molecule has 0 radical (unpaired) electrons. The first-order valence-corrected chi connectivity index (χ1v) is 4.37. The van der Waals surface area contributed by atoms with Gasteiger partial charge in [0.15, 0.2) is 0 Å². The van der Waals surface area contributed by atoms with Crippen LogP contribution in [-0.2, 0) is 0 Å². The molecule has 1 nitrogen and oxygen atoms in total. The molecular formula is C12H12O. The van der Waals surface area contributed by atoms with Gasteiger partial charge in [-0.1, -0.05) is 23.8 Å². The summed E-state index contributed by atoms with van der Waals surface area (Å²) in [5, 5.41) is 11.7. The molecule has 1 heteroatoms. The van der Waals surface area contributed by atoms with Crippen molar-refractivity contribution in [3.05, 3.63) is 41.5 Å². The molecule has 66 valence electrons. The summed E-state index contributed by atoms with van der Waals surface area (Å²) in [6.07, 6.45) is 0. The number of benzene rings is 2. The summed E-state index contributed by atoms with van der Waals surface area (Å²) >= 11 is 0. The van der Waals surface area contributed by atoms with Gasteiger partial charge >= 0.3 is 0 Å². The van der Waals surface area contributed by atoms with E-state index in [9.17, 15) is 5.11 Å². The van der Waals surface area contributed by atoms with E-state index in [1.54, 1.807) is 6.07 Å². The summed E-state index contributed by atoms with van der Waals surface area (Å²) in [4.78, 5) is 0. The van der Waals surface area contributed by atoms with Gasteiger partial charge in [-0.25, -0.2) is 0 Å². The normalized spacial score (nSPS) is 10.6. The summed E-state index contributed by atoms with van der Waals surface area (Å²) in [5.74, 6) is 0.365. The molecule has 2 aromatic carbocycles. The summed E-state index contributed by atoms with van der Waals surface area (Å²) in [6, 6.07) is 9.82. The second-order valence-electron chi connectivity index (χ2n) is 3.45. The third-order valence-electron chi connectivity index (χ3n) is 2.37. The van der Waals surface area contributed by atoms with Crippen molar-refractivity contribution in [2.24, 2.45) is 0 Å². The number of rotatable bonds is 0. The molecule has 0 fully saturated rings. The number of hydrogen-bond donors (Lipinski definition) is 1. The van der Waals surface area contributed by atoms with Gasteiger partial charge in [0.25, 0.3) is 0 Å². The van der Waals surface area contributed by atoms with E-state index in [0.29, 0.717) is 5.75 Å². The molecule has 2 rings (SSSR count). The van der Waals surface area contributed by atoms with E-state index in [-0.39, 0.29) is 0 Å². The van der Waals surface area contributed by atoms with E-state index in [2.05, 4.69) is 19.1 Å². The van der Waals surface area contributed by atoms with E-state index in [1.807, 2.05) is 19.1 Å². The zero-order valence-electron chi connectivity index (χ0n) is 7.83. The van der Waals surface area contributed by atoms with Crippen LogP contribution < -0.4 is 0 Å². The zero-order chi connectivity index (χ0) is 9.42. The van der Waals surface area contributed by atoms with E-state index in [4.69, 9.17) is 0 Å². The molecule has 0 aliphatic carbocycles. The number of aryl methyl sites for hydroxylation is 2. The fourth-order valence-electron chi connectivity index (χ4n) is 1.60. The van der Waals surface area contributed by atoms with E-state index in [1.165, 1.54) is 11.1 Å². The second kappa shape index (κ2) is 2.77. The zero-order valence-corrected chi connectivity index (χ0v) is 7.83. The highest BCUT2D eigenvalue weighted by atomic mass is 16.3. The summed E-state index contributed by atoms with van der Waals surface area (Å²) in [5.41, 5.74) is 2.38. The van der Waals surface area contributed by atoms with Gasteiger partial charge in [-0.05, 0) is 36.9 Å². The molecular weight excluding hydrogens is 160 g/mol. The first-order chi connectivity index (χ1) is 6.18. The number of hydrogen-bond acceptors (Lipinski definition) is 1. The molecule has 0 heterocycles. The van der Waals surface area contributed by atoms with Gasteiger partial charge in [-0.3, -0.25) is 0 Å². The third-order valence-corrected chi connectivity index (χ3v) is 2.37. The Morgan fingerprint density at radius 1 is 0.923 bits per heavy atom. The van der Waals surface area contributed by atoms with Crippen LogP contribution in [0.5, 0.6) is 5.75 Å². The molecule has 0 saturated carbocycles. The molecule has 0 aliphatic heterocycles. The molecule has 0 unspecified atom stereocenters. The van der Waals surface area contributed by atoms with Crippen molar-refractivity contribution in [2.75, 3.05) is 0 Å². The van der Waals surface area contributed by atoms with Gasteiger partial charge in [0, 0.05) is 5.39 Å². The van der Waals surface area contributed by atoms with Crippen LogP contribution in [0.15, 0.2) is 30.3 Å². The van der Waals surface area contributed by atoms with E-state index < -0.39 is 0 Å². The second-order valence-corrected chi connectivity index (χ2v) is 3.45. The van der Waals surface area contributed by atoms with Crippen molar-refractivity contribution in [2.45, 2.75) is 13.8 Å². The van der Waals surface area contributed by atoms with Gasteiger partial charge in [0.05, 0.1) is 0 Å². The summed E-state index contributed by atoms with van der Waals surface area (Å²) in [6.45, 7) is 4.08. The highest BCUT2D eigenvalue weighted by Gasteiger charge is 2.01. The first kappa shape index (κ1) is 8.11. The Morgan fingerprint density at radius 3 is 2.46 bits per heavy atom. The Bertz CT molecular complexity index is 458. The summed E-state index contributed by atoms with van der Waals surface area (Å²) < 4.78 is 0. The minimum absolute atomic E-state index is 0.365. The molecule has 0 bridgehead atoms. The average molecular weight is 172 g/mol. The Morgan fingerprint density at radius 2 is 1.69 bits per heavy atom. The van der Waals surface area contributed by atoms with Gasteiger partial charge in [-0.15, -0.1) is 0 Å². The Kier molecular flexibility index (Phi) is 1.73. The topological polar surface area (TPSA) is 20.2 Å². The molecule has 0 aliphatic rings. The fourth-order valence-corrected chi connectivity index (χ4v) is 1.60. The smallest absolute Gasteiger partial charge is 0.123 e. The van der Waals surface area contributed by atoms with Crippen molar-refractivity contribution in [3.8, 4) is 5.75 Å². The van der Waals surface area contributed by atoms with Crippen LogP contribution in [0.3, 0.4) is 0 Å². The summed E-state index contributed by atoms with van der Waals surface area (Å²) in [7, 11) is 0. The molecule has 2 aromatic rings. The van der Waals surface area contributed by atoms with Crippen LogP contribution in [0.25, 0.3) is 10.8 Å².